The summed E-state index contributed by atoms with van der Waals surface area (Å²) in [6, 6.07) is 2.07. The fourth-order valence-corrected chi connectivity index (χ4v) is 3.54. The Hall–Kier alpha value is -1.56. The first-order valence-corrected chi connectivity index (χ1v) is 9.82. The molecule has 1 saturated heterocycles. The van der Waals surface area contributed by atoms with Crippen LogP contribution >= 0.6 is 0 Å². The van der Waals surface area contributed by atoms with E-state index >= 15 is 0 Å². The van der Waals surface area contributed by atoms with Crippen molar-refractivity contribution < 1.29 is 4.52 Å². The molecule has 1 fully saturated rings. The van der Waals surface area contributed by atoms with Crippen LogP contribution in [-0.2, 0) is 6.54 Å². The molecule has 0 saturated carbocycles. The second-order valence-electron chi connectivity index (χ2n) is 6.99. The van der Waals surface area contributed by atoms with Gasteiger partial charge in [-0.3, -0.25) is 4.99 Å². The Kier molecular flexibility index (Phi) is 8.25. The van der Waals surface area contributed by atoms with Crippen LogP contribution in [0.2, 0.25) is 0 Å². The third kappa shape index (κ3) is 6.03. The summed E-state index contributed by atoms with van der Waals surface area (Å²) in [6.07, 6.45) is 4.69. The molecule has 2 heterocycles. The topological polar surface area (TPSA) is 65.7 Å². The summed E-state index contributed by atoms with van der Waals surface area (Å²) >= 11 is 0. The van der Waals surface area contributed by atoms with Gasteiger partial charge in [-0.15, -0.1) is 0 Å². The lowest BCUT2D eigenvalue weighted by Gasteiger charge is -2.16. The molecule has 0 aromatic carbocycles. The predicted octanol–water partition coefficient (Wildman–Crippen LogP) is 2.98. The summed E-state index contributed by atoms with van der Waals surface area (Å²) in [5, 5.41) is 11.0. The van der Waals surface area contributed by atoms with E-state index in [0.717, 1.165) is 36.8 Å². The molecule has 0 radical (unpaired) electrons. The van der Waals surface area contributed by atoms with Gasteiger partial charge >= 0.3 is 0 Å². The van der Waals surface area contributed by atoms with Crippen molar-refractivity contribution in [1.29, 1.82) is 0 Å². The van der Waals surface area contributed by atoms with Gasteiger partial charge in [0.1, 0.15) is 0 Å². The molecule has 0 spiro atoms. The lowest BCUT2D eigenvalue weighted by atomic mass is 9.99. The highest BCUT2D eigenvalue weighted by atomic mass is 16.5. The zero-order valence-corrected chi connectivity index (χ0v) is 16.3. The maximum atomic E-state index is 5.46. The van der Waals surface area contributed by atoms with E-state index in [2.05, 4.69) is 52.5 Å². The van der Waals surface area contributed by atoms with Crippen molar-refractivity contribution >= 4 is 5.96 Å². The first kappa shape index (κ1) is 19.8. The van der Waals surface area contributed by atoms with Gasteiger partial charge in [-0.2, -0.15) is 0 Å². The van der Waals surface area contributed by atoms with Crippen LogP contribution in [0.4, 0.5) is 0 Å². The first-order valence-electron chi connectivity index (χ1n) is 9.82. The fourth-order valence-electron chi connectivity index (χ4n) is 3.54. The number of rotatable bonds is 9. The average molecular weight is 350 g/mol. The molecule has 1 unspecified atom stereocenters. The van der Waals surface area contributed by atoms with Crippen molar-refractivity contribution in [3.05, 3.63) is 17.5 Å². The van der Waals surface area contributed by atoms with Gasteiger partial charge in [-0.1, -0.05) is 25.9 Å². The van der Waals surface area contributed by atoms with Crippen LogP contribution in [-0.4, -0.2) is 49.2 Å². The normalized spacial score (nSPS) is 18.9. The highest BCUT2D eigenvalue weighted by Gasteiger charge is 2.21. The minimum atomic E-state index is 0.489. The lowest BCUT2D eigenvalue weighted by molar-refractivity contribution is 0.324. The zero-order valence-electron chi connectivity index (χ0n) is 16.3. The highest BCUT2D eigenvalue weighted by Crippen LogP contribution is 2.22. The van der Waals surface area contributed by atoms with Crippen molar-refractivity contribution in [2.75, 3.05) is 33.2 Å². The molecular formula is C19H35N5O. The van der Waals surface area contributed by atoms with Gasteiger partial charge in [-0.25, -0.2) is 0 Å². The molecule has 25 heavy (non-hydrogen) atoms. The van der Waals surface area contributed by atoms with E-state index in [-0.39, 0.29) is 0 Å². The molecule has 0 amide bonds. The molecule has 1 aromatic rings. The SMILES string of the molecule is CCCN1CCC(CNC(=NC)NCc2cc(C(CC)CC)no2)C1. The van der Waals surface area contributed by atoms with E-state index in [0.29, 0.717) is 18.4 Å². The van der Waals surface area contributed by atoms with Crippen LogP contribution in [0.15, 0.2) is 15.6 Å². The quantitative estimate of drug-likeness (QED) is 0.530. The number of hydrogen-bond donors (Lipinski definition) is 2. The average Bonchev–Trinajstić information content (AvgIpc) is 3.26. The van der Waals surface area contributed by atoms with Crippen molar-refractivity contribution in [3.8, 4) is 0 Å². The molecule has 1 aromatic heterocycles. The van der Waals surface area contributed by atoms with E-state index in [9.17, 15) is 0 Å². The summed E-state index contributed by atoms with van der Waals surface area (Å²) < 4.78 is 5.46. The third-order valence-electron chi connectivity index (χ3n) is 5.10. The van der Waals surface area contributed by atoms with E-state index < -0.39 is 0 Å². The Balaban J connectivity index is 1.74. The number of hydrogen-bond acceptors (Lipinski definition) is 4. The second kappa shape index (κ2) is 10.4. The summed E-state index contributed by atoms with van der Waals surface area (Å²) in [6.45, 7) is 11.8. The Morgan fingerprint density at radius 3 is 2.84 bits per heavy atom. The summed E-state index contributed by atoms with van der Waals surface area (Å²) in [5.74, 6) is 2.88. The van der Waals surface area contributed by atoms with Crippen LogP contribution in [0.1, 0.15) is 63.8 Å². The number of nitrogens with zero attached hydrogens (tertiary/aromatic N) is 3. The van der Waals surface area contributed by atoms with Gasteiger partial charge < -0.3 is 20.1 Å². The number of aliphatic imine (C=N–C) groups is 1. The smallest absolute Gasteiger partial charge is 0.191 e. The number of nitrogens with one attached hydrogen (secondary N) is 2. The Labute approximate surface area is 152 Å². The molecule has 142 valence electrons. The lowest BCUT2D eigenvalue weighted by Crippen LogP contribution is -2.39. The monoisotopic (exact) mass is 349 g/mol. The summed E-state index contributed by atoms with van der Waals surface area (Å²) in [5.41, 5.74) is 1.06. The van der Waals surface area contributed by atoms with Gasteiger partial charge in [0.2, 0.25) is 0 Å². The minimum Gasteiger partial charge on any atom is -0.359 e. The Morgan fingerprint density at radius 1 is 1.36 bits per heavy atom. The maximum absolute atomic E-state index is 5.46. The minimum absolute atomic E-state index is 0.489. The molecule has 6 heteroatoms. The number of guanidine groups is 1. The molecular weight excluding hydrogens is 314 g/mol. The third-order valence-corrected chi connectivity index (χ3v) is 5.10. The van der Waals surface area contributed by atoms with Gasteiger partial charge in [0.15, 0.2) is 11.7 Å². The predicted molar refractivity (Wildman–Crippen MR) is 103 cm³/mol. The molecule has 1 atom stereocenters. The van der Waals surface area contributed by atoms with Crippen LogP contribution in [0.3, 0.4) is 0 Å². The molecule has 1 aliphatic rings. The molecule has 2 N–H and O–H groups in total. The van der Waals surface area contributed by atoms with Crippen LogP contribution in [0, 0.1) is 5.92 Å². The first-order chi connectivity index (χ1) is 12.2. The molecule has 0 bridgehead atoms. The summed E-state index contributed by atoms with van der Waals surface area (Å²) in [7, 11) is 1.81. The number of aromatic nitrogens is 1. The van der Waals surface area contributed by atoms with Crippen molar-refractivity contribution in [2.45, 2.75) is 58.9 Å². The molecule has 1 aliphatic heterocycles. The largest absolute Gasteiger partial charge is 0.359 e. The van der Waals surface area contributed by atoms with E-state index in [1.165, 1.54) is 32.5 Å². The zero-order chi connectivity index (χ0) is 18.1. The van der Waals surface area contributed by atoms with E-state index in [1.807, 2.05) is 7.05 Å². The highest BCUT2D eigenvalue weighted by molar-refractivity contribution is 5.79. The van der Waals surface area contributed by atoms with Crippen LogP contribution in [0.25, 0.3) is 0 Å². The van der Waals surface area contributed by atoms with E-state index in [4.69, 9.17) is 4.52 Å². The second-order valence-corrected chi connectivity index (χ2v) is 6.99. The maximum Gasteiger partial charge on any atom is 0.191 e. The Morgan fingerprint density at radius 2 is 2.16 bits per heavy atom. The fraction of sp³-hybridized carbons (Fsp3) is 0.789. The van der Waals surface area contributed by atoms with Crippen molar-refractivity contribution in [1.82, 2.24) is 20.7 Å². The summed E-state index contributed by atoms with van der Waals surface area (Å²) in [4.78, 5) is 6.86. The standard InChI is InChI=1S/C19H35N5O/c1-5-9-24-10-8-15(14-24)12-21-19(20-4)22-13-17-11-18(23-25-17)16(6-2)7-3/h11,15-16H,5-10,12-14H2,1-4H3,(H2,20,21,22). The van der Waals surface area contributed by atoms with E-state index in [1.54, 1.807) is 0 Å². The van der Waals surface area contributed by atoms with Gasteiger partial charge in [0, 0.05) is 32.1 Å². The van der Waals surface area contributed by atoms with Gasteiger partial charge in [-0.05, 0) is 44.7 Å². The number of likely N-dealkylation sites (tertiary alicyclic amines) is 1. The molecule has 0 aliphatic carbocycles. The van der Waals surface area contributed by atoms with Gasteiger partial charge in [0.25, 0.3) is 0 Å². The van der Waals surface area contributed by atoms with Gasteiger partial charge in [0.05, 0.1) is 12.2 Å². The van der Waals surface area contributed by atoms with Crippen molar-refractivity contribution in [3.63, 3.8) is 0 Å². The Bertz CT molecular complexity index is 524. The van der Waals surface area contributed by atoms with Crippen LogP contribution in [0.5, 0.6) is 0 Å². The van der Waals surface area contributed by atoms with Crippen molar-refractivity contribution in [2.24, 2.45) is 10.9 Å². The van der Waals surface area contributed by atoms with Crippen LogP contribution < -0.4 is 10.6 Å². The molecule has 6 nitrogen and oxygen atoms in total. The molecule has 2 rings (SSSR count).